The topological polar surface area (TPSA) is 71.2 Å². The maximum absolute atomic E-state index is 14.6. The molecule has 0 saturated carbocycles. The Hall–Kier alpha value is -4.19. The van der Waals surface area contributed by atoms with E-state index in [9.17, 15) is 36.2 Å². The van der Waals surface area contributed by atoms with Crippen LogP contribution in [0.15, 0.2) is 79.0 Å². The Morgan fingerprint density at radius 2 is 1.43 bits per heavy atom. The molecule has 12 heteroatoms. The number of ketones is 1. The normalized spacial score (nSPS) is 19.8. The minimum absolute atomic E-state index is 0.127. The summed E-state index contributed by atoms with van der Waals surface area (Å²) < 4.78 is 84.3. The SMILES string of the molecule is O=C1Cc2c(c(C3CCN(c4ccc(C(F)(F)F)cn4)CC3)nn2C(c2ccccc2)c2ccccc2)[C@H](C(F)(F)F)[C@H]1O. The number of hydrogen-bond acceptors (Lipinski definition) is 5. The summed E-state index contributed by atoms with van der Waals surface area (Å²) in [5.74, 6) is -3.46. The van der Waals surface area contributed by atoms with Gasteiger partial charge in [-0.15, -0.1) is 0 Å². The Labute approximate surface area is 249 Å². The highest BCUT2D eigenvalue weighted by Crippen LogP contribution is 2.48. The highest BCUT2D eigenvalue weighted by atomic mass is 19.4. The second-order valence-electron chi connectivity index (χ2n) is 11.2. The molecule has 6 rings (SSSR count). The van der Waals surface area contributed by atoms with Gasteiger partial charge in [-0.2, -0.15) is 31.4 Å². The first-order chi connectivity index (χ1) is 20.9. The van der Waals surface area contributed by atoms with Gasteiger partial charge in [0.25, 0.3) is 0 Å². The van der Waals surface area contributed by atoms with Crippen LogP contribution in [-0.2, 0) is 17.4 Å². The smallest absolute Gasteiger partial charge is 0.384 e. The van der Waals surface area contributed by atoms with Crippen molar-refractivity contribution in [3.63, 3.8) is 0 Å². The molecule has 2 aromatic carbocycles. The van der Waals surface area contributed by atoms with Crippen LogP contribution in [0.1, 0.15) is 64.4 Å². The van der Waals surface area contributed by atoms with Crippen LogP contribution in [0.3, 0.4) is 0 Å². The minimum atomic E-state index is -4.91. The first kappa shape index (κ1) is 29.9. The van der Waals surface area contributed by atoms with Crippen LogP contribution in [0, 0.1) is 0 Å². The van der Waals surface area contributed by atoms with E-state index in [0.717, 1.165) is 23.4 Å². The van der Waals surface area contributed by atoms with Crippen LogP contribution in [0.25, 0.3) is 0 Å². The number of hydrogen-bond donors (Lipinski definition) is 1. The lowest BCUT2D eigenvalue weighted by Crippen LogP contribution is -2.43. The Morgan fingerprint density at radius 1 is 0.841 bits per heavy atom. The summed E-state index contributed by atoms with van der Waals surface area (Å²) in [7, 11) is 0. The fourth-order valence-electron chi connectivity index (χ4n) is 6.36. The largest absolute Gasteiger partial charge is 0.417 e. The number of rotatable bonds is 5. The second kappa shape index (κ2) is 11.4. The summed E-state index contributed by atoms with van der Waals surface area (Å²) in [6.07, 6.45) is -10.6. The van der Waals surface area contributed by atoms with Crippen LogP contribution in [0.2, 0.25) is 0 Å². The molecule has 2 aliphatic rings. The molecule has 1 N–H and O–H groups in total. The molecule has 2 aromatic heterocycles. The predicted molar refractivity (Wildman–Crippen MR) is 149 cm³/mol. The van der Waals surface area contributed by atoms with Gasteiger partial charge in [-0.25, -0.2) is 4.98 Å². The number of aliphatic hydroxyl groups excluding tert-OH is 1. The Morgan fingerprint density at radius 3 is 1.93 bits per heavy atom. The molecule has 1 fully saturated rings. The van der Waals surface area contributed by atoms with Gasteiger partial charge in [0, 0.05) is 30.8 Å². The van der Waals surface area contributed by atoms with Crippen LogP contribution >= 0.6 is 0 Å². The van der Waals surface area contributed by atoms with Gasteiger partial charge in [-0.05, 0) is 36.1 Å². The number of piperidine rings is 1. The lowest BCUT2D eigenvalue weighted by Gasteiger charge is -2.34. The van der Waals surface area contributed by atoms with Gasteiger partial charge < -0.3 is 10.0 Å². The summed E-state index contributed by atoms with van der Waals surface area (Å²) in [5, 5.41) is 15.4. The molecule has 2 atom stereocenters. The van der Waals surface area contributed by atoms with Gasteiger partial charge >= 0.3 is 12.4 Å². The average Bonchev–Trinajstić information content (AvgIpc) is 3.35. The number of carbonyl (C=O) groups excluding carboxylic acids is 1. The summed E-state index contributed by atoms with van der Waals surface area (Å²) in [6, 6.07) is 19.9. The average molecular weight is 615 g/mol. The Bertz CT molecular complexity index is 1570. The van der Waals surface area contributed by atoms with E-state index >= 15 is 0 Å². The van der Waals surface area contributed by atoms with E-state index in [1.54, 1.807) is 4.90 Å². The van der Waals surface area contributed by atoms with E-state index in [-0.39, 0.29) is 17.0 Å². The molecule has 1 aliphatic heterocycles. The van der Waals surface area contributed by atoms with E-state index in [4.69, 9.17) is 5.10 Å². The zero-order valence-electron chi connectivity index (χ0n) is 23.3. The van der Waals surface area contributed by atoms with Crippen LogP contribution in [-0.4, -0.2) is 51.0 Å². The molecule has 0 spiro atoms. The van der Waals surface area contributed by atoms with Crippen molar-refractivity contribution in [2.75, 3.05) is 18.0 Å². The number of fused-ring (bicyclic) bond motifs is 1. The number of nitrogens with zero attached hydrogens (tertiary/aromatic N) is 4. The van der Waals surface area contributed by atoms with Crippen molar-refractivity contribution >= 4 is 11.6 Å². The van der Waals surface area contributed by atoms with Crippen molar-refractivity contribution in [3.8, 4) is 0 Å². The summed E-state index contributed by atoms with van der Waals surface area (Å²) >= 11 is 0. The molecule has 0 bridgehead atoms. The molecule has 4 aromatic rings. The van der Waals surface area contributed by atoms with E-state index in [2.05, 4.69) is 4.98 Å². The number of benzene rings is 2. The Kier molecular flexibility index (Phi) is 7.73. The molecular formula is C32H28F6N4O2. The van der Waals surface area contributed by atoms with E-state index < -0.39 is 54.1 Å². The fourth-order valence-corrected chi connectivity index (χ4v) is 6.36. The van der Waals surface area contributed by atoms with Gasteiger partial charge in [0.05, 0.1) is 23.4 Å². The first-order valence-electron chi connectivity index (χ1n) is 14.2. The number of aromatic nitrogens is 3. The number of carbonyl (C=O) groups is 1. The highest BCUT2D eigenvalue weighted by Gasteiger charge is 2.54. The number of aliphatic hydroxyl groups is 1. The standard InChI is InChI=1S/C32H28F6N4O2/c33-31(34,35)22-11-12-25(39-18-22)41-15-13-19(14-16-41)28-26-23(17-24(43)30(44)27(26)32(36,37)38)42(40-28)29(20-7-3-1-4-8-20)21-9-5-2-6-10-21/h1-12,18-19,27,29-30,44H,13-17H2/t27-,30-/m0/s1. The molecule has 1 saturated heterocycles. The number of Topliss-reactive ketones (excluding diaryl/α,β-unsaturated/α-hetero) is 1. The molecular weight excluding hydrogens is 586 g/mol. The van der Waals surface area contributed by atoms with Crippen molar-refractivity contribution in [1.82, 2.24) is 14.8 Å². The molecule has 0 unspecified atom stereocenters. The molecule has 44 heavy (non-hydrogen) atoms. The predicted octanol–water partition coefficient (Wildman–Crippen LogP) is 6.45. The highest BCUT2D eigenvalue weighted by molar-refractivity contribution is 5.88. The van der Waals surface area contributed by atoms with Crippen molar-refractivity contribution in [2.45, 2.75) is 55.6 Å². The van der Waals surface area contributed by atoms with Crippen LogP contribution < -0.4 is 4.90 Å². The van der Waals surface area contributed by atoms with Crippen molar-refractivity contribution < 1.29 is 36.2 Å². The molecule has 230 valence electrons. The third-order valence-electron chi connectivity index (χ3n) is 8.49. The van der Waals surface area contributed by atoms with E-state index in [0.29, 0.717) is 31.7 Å². The molecule has 0 radical (unpaired) electrons. The number of pyridine rings is 1. The number of anilines is 1. The third kappa shape index (κ3) is 5.58. The maximum Gasteiger partial charge on any atom is 0.417 e. The summed E-state index contributed by atoms with van der Waals surface area (Å²) in [5.41, 5.74) is 0.813. The van der Waals surface area contributed by atoms with Crippen LogP contribution in [0.4, 0.5) is 32.2 Å². The van der Waals surface area contributed by atoms with Gasteiger partial charge in [0.2, 0.25) is 0 Å². The molecule has 1 aliphatic carbocycles. The van der Waals surface area contributed by atoms with Gasteiger partial charge in [0.15, 0.2) is 5.78 Å². The first-order valence-corrected chi connectivity index (χ1v) is 14.2. The van der Waals surface area contributed by atoms with Gasteiger partial charge in [-0.3, -0.25) is 9.48 Å². The Balaban J connectivity index is 1.42. The van der Waals surface area contributed by atoms with Crippen molar-refractivity contribution in [1.29, 1.82) is 0 Å². The fraction of sp³-hybridized carbons (Fsp3) is 0.344. The maximum atomic E-state index is 14.6. The zero-order valence-corrected chi connectivity index (χ0v) is 23.3. The summed E-state index contributed by atoms with van der Waals surface area (Å²) in [4.78, 5) is 18.6. The molecule has 3 heterocycles. The van der Waals surface area contributed by atoms with Gasteiger partial charge in [-0.1, -0.05) is 60.7 Å². The molecule has 0 amide bonds. The quantitative estimate of drug-likeness (QED) is 0.262. The number of halogens is 6. The second-order valence-corrected chi connectivity index (χ2v) is 11.2. The monoisotopic (exact) mass is 614 g/mol. The van der Waals surface area contributed by atoms with Crippen molar-refractivity contribution in [2.24, 2.45) is 0 Å². The van der Waals surface area contributed by atoms with Crippen LogP contribution in [0.5, 0.6) is 0 Å². The zero-order chi connectivity index (χ0) is 31.2. The lowest BCUT2D eigenvalue weighted by molar-refractivity contribution is -0.179. The van der Waals surface area contributed by atoms with E-state index in [1.165, 1.54) is 10.7 Å². The lowest BCUT2D eigenvalue weighted by atomic mass is 9.78. The molecule has 6 nitrogen and oxygen atoms in total. The number of alkyl halides is 6. The minimum Gasteiger partial charge on any atom is -0.384 e. The summed E-state index contributed by atoms with van der Waals surface area (Å²) in [6.45, 7) is 0.646. The van der Waals surface area contributed by atoms with Crippen molar-refractivity contribution in [3.05, 3.63) is 113 Å². The third-order valence-corrected chi connectivity index (χ3v) is 8.49. The van der Waals surface area contributed by atoms with Gasteiger partial charge in [0.1, 0.15) is 23.9 Å². The van der Waals surface area contributed by atoms with E-state index in [1.807, 2.05) is 60.7 Å².